The minimum absolute atomic E-state index is 0.427. The lowest BCUT2D eigenvalue weighted by Gasteiger charge is -2.22. The second-order valence-corrected chi connectivity index (χ2v) is 4.05. The highest BCUT2D eigenvalue weighted by molar-refractivity contribution is 5.41. The summed E-state index contributed by atoms with van der Waals surface area (Å²) in [7, 11) is 1.85. The fraction of sp³-hybridized carbons (Fsp3) is 0.667. The molecule has 0 fully saturated rings. The quantitative estimate of drug-likeness (QED) is 0.777. The van der Waals surface area contributed by atoms with Gasteiger partial charge in [0.05, 0.1) is 12.4 Å². The third-order valence-corrected chi connectivity index (χ3v) is 3.02. The van der Waals surface area contributed by atoms with Crippen molar-refractivity contribution in [2.24, 2.45) is 5.92 Å². The summed E-state index contributed by atoms with van der Waals surface area (Å²) in [6.07, 6.45) is 5.85. The molecule has 1 aromatic rings. The Hall–Kier alpha value is -1.32. The lowest BCUT2D eigenvalue weighted by Crippen LogP contribution is -2.25. The maximum absolute atomic E-state index is 4.40. The van der Waals surface area contributed by atoms with Gasteiger partial charge in [-0.2, -0.15) is 0 Å². The summed E-state index contributed by atoms with van der Waals surface area (Å²) < 4.78 is 0. The van der Waals surface area contributed by atoms with Gasteiger partial charge in [0.25, 0.3) is 0 Å². The fourth-order valence-corrected chi connectivity index (χ4v) is 1.90. The monoisotopic (exact) mass is 222 g/mol. The molecule has 0 aromatic carbocycles. The Morgan fingerprint density at radius 1 is 1.19 bits per heavy atom. The standard InChI is InChI=1S/C12H22N4/c1-5-10(6-2)9(3)15-12-8-14-7-11(13-4)16-12/h7-10H,5-6H2,1-4H3,(H2,13,15,16). The number of nitrogens with one attached hydrogen (secondary N) is 2. The van der Waals surface area contributed by atoms with Gasteiger partial charge in [0.15, 0.2) is 0 Å². The Kier molecular flexibility index (Phi) is 5.02. The molecule has 0 amide bonds. The molecular formula is C12H22N4. The largest absolute Gasteiger partial charge is 0.372 e. The molecular weight excluding hydrogens is 200 g/mol. The first-order valence-electron chi connectivity index (χ1n) is 5.97. The molecule has 2 N–H and O–H groups in total. The van der Waals surface area contributed by atoms with E-state index in [9.17, 15) is 0 Å². The molecule has 0 aliphatic carbocycles. The van der Waals surface area contributed by atoms with Crippen LogP contribution in [0.3, 0.4) is 0 Å². The smallest absolute Gasteiger partial charge is 0.147 e. The maximum Gasteiger partial charge on any atom is 0.147 e. The number of nitrogens with zero attached hydrogens (tertiary/aromatic N) is 2. The van der Waals surface area contributed by atoms with Crippen LogP contribution in [-0.2, 0) is 0 Å². The van der Waals surface area contributed by atoms with Crippen LogP contribution in [0.4, 0.5) is 11.6 Å². The predicted octanol–water partition coefficient (Wildman–Crippen LogP) is 2.75. The molecule has 4 heteroatoms. The molecule has 1 unspecified atom stereocenters. The van der Waals surface area contributed by atoms with Crippen LogP contribution in [0.25, 0.3) is 0 Å². The van der Waals surface area contributed by atoms with Gasteiger partial charge in [-0.25, -0.2) is 4.98 Å². The Bertz CT molecular complexity index is 310. The van der Waals surface area contributed by atoms with E-state index in [1.54, 1.807) is 12.4 Å². The molecule has 1 aromatic heterocycles. The van der Waals surface area contributed by atoms with Gasteiger partial charge in [-0.1, -0.05) is 26.7 Å². The Morgan fingerprint density at radius 3 is 2.38 bits per heavy atom. The molecule has 16 heavy (non-hydrogen) atoms. The number of hydrogen-bond acceptors (Lipinski definition) is 4. The van der Waals surface area contributed by atoms with Crippen LogP contribution in [0, 0.1) is 5.92 Å². The zero-order valence-electron chi connectivity index (χ0n) is 10.6. The molecule has 0 radical (unpaired) electrons. The van der Waals surface area contributed by atoms with Crippen LogP contribution >= 0.6 is 0 Å². The van der Waals surface area contributed by atoms with Gasteiger partial charge in [-0.3, -0.25) is 4.98 Å². The highest BCUT2D eigenvalue weighted by Gasteiger charge is 2.13. The van der Waals surface area contributed by atoms with E-state index in [1.165, 1.54) is 12.8 Å². The van der Waals surface area contributed by atoms with Crippen LogP contribution in [0.1, 0.15) is 33.6 Å². The van der Waals surface area contributed by atoms with Crippen molar-refractivity contribution in [2.45, 2.75) is 39.7 Å². The van der Waals surface area contributed by atoms with Gasteiger partial charge in [0.1, 0.15) is 11.6 Å². The van der Waals surface area contributed by atoms with Crippen LogP contribution in [0.15, 0.2) is 12.4 Å². The first kappa shape index (κ1) is 12.7. The summed E-state index contributed by atoms with van der Waals surface area (Å²) >= 11 is 0. The average Bonchev–Trinajstić information content (AvgIpc) is 2.31. The second-order valence-electron chi connectivity index (χ2n) is 4.05. The van der Waals surface area contributed by atoms with Crippen molar-refractivity contribution in [1.29, 1.82) is 0 Å². The number of aromatic nitrogens is 2. The van der Waals surface area contributed by atoms with Gasteiger partial charge in [0, 0.05) is 13.1 Å². The van der Waals surface area contributed by atoms with E-state index in [0.29, 0.717) is 12.0 Å². The summed E-state index contributed by atoms with van der Waals surface area (Å²) in [5, 5.41) is 6.39. The van der Waals surface area contributed by atoms with E-state index in [4.69, 9.17) is 0 Å². The Morgan fingerprint density at radius 2 is 1.81 bits per heavy atom. The highest BCUT2D eigenvalue weighted by atomic mass is 15.1. The normalized spacial score (nSPS) is 12.6. The van der Waals surface area contributed by atoms with Crippen molar-refractivity contribution >= 4 is 11.6 Å². The van der Waals surface area contributed by atoms with Crippen LogP contribution < -0.4 is 10.6 Å². The SMILES string of the molecule is CCC(CC)C(C)Nc1cncc(NC)n1. The molecule has 90 valence electrons. The van der Waals surface area contributed by atoms with Gasteiger partial charge in [0.2, 0.25) is 0 Å². The molecule has 0 aliphatic heterocycles. The van der Waals surface area contributed by atoms with E-state index in [0.717, 1.165) is 11.6 Å². The molecule has 1 rings (SSSR count). The van der Waals surface area contributed by atoms with Gasteiger partial charge < -0.3 is 10.6 Å². The van der Waals surface area contributed by atoms with E-state index in [2.05, 4.69) is 41.4 Å². The Labute approximate surface area is 97.9 Å². The van der Waals surface area contributed by atoms with Gasteiger partial charge in [-0.05, 0) is 12.8 Å². The molecule has 1 atom stereocenters. The molecule has 0 saturated carbocycles. The first-order chi connectivity index (χ1) is 7.71. The van der Waals surface area contributed by atoms with Crippen LogP contribution in [0.2, 0.25) is 0 Å². The fourth-order valence-electron chi connectivity index (χ4n) is 1.90. The number of rotatable bonds is 6. The minimum atomic E-state index is 0.427. The van der Waals surface area contributed by atoms with E-state index < -0.39 is 0 Å². The van der Waals surface area contributed by atoms with Crippen molar-refractivity contribution in [2.75, 3.05) is 17.7 Å². The maximum atomic E-state index is 4.40. The first-order valence-corrected chi connectivity index (χ1v) is 5.97. The summed E-state index contributed by atoms with van der Waals surface area (Å²) in [6.45, 7) is 6.65. The summed E-state index contributed by atoms with van der Waals surface area (Å²) in [5.74, 6) is 2.31. The van der Waals surface area contributed by atoms with Crippen molar-refractivity contribution in [1.82, 2.24) is 9.97 Å². The molecule has 0 spiro atoms. The molecule has 0 bridgehead atoms. The lowest BCUT2D eigenvalue weighted by molar-refractivity contribution is 0.437. The highest BCUT2D eigenvalue weighted by Crippen LogP contribution is 2.17. The van der Waals surface area contributed by atoms with Crippen molar-refractivity contribution in [3.05, 3.63) is 12.4 Å². The Balaban J connectivity index is 2.64. The summed E-state index contributed by atoms with van der Waals surface area (Å²) in [4.78, 5) is 8.53. The van der Waals surface area contributed by atoms with Crippen molar-refractivity contribution in [3.8, 4) is 0 Å². The zero-order valence-corrected chi connectivity index (χ0v) is 10.6. The van der Waals surface area contributed by atoms with E-state index in [1.807, 2.05) is 7.05 Å². The van der Waals surface area contributed by atoms with Crippen LogP contribution in [-0.4, -0.2) is 23.1 Å². The molecule has 4 nitrogen and oxygen atoms in total. The second kappa shape index (κ2) is 6.30. The van der Waals surface area contributed by atoms with Crippen LogP contribution in [0.5, 0.6) is 0 Å². The zero-order chi connectivity index (χ0) is 12.0. The minimum Gasteiger partial charge on any atom is -0.372 e. The van der Waals surface area contributed by atoms with Gasteiger partial charge >= 0.3 is 0 Å². The van der Waals surface area contributed by atoms with E-state index in [-0.39, 0.29) is 0 Å². The summed E-state index contributed by atoms with van der Waals surface area (Å²) in [5.41, 5.74) is 0. The predicted molar refractivity (Wildman–Crippen MR) is 68.7 cm³/mol. The molecule has 1 heterocycles. The average molecular weight is 222 g/mol. The van der Waals surface area contributed by atoms with Crippen molar-refractivity contribution < 1.29 is 0 Å². The van der Waals surface area contributed by atoms with E-state index >= 15 is 0 Å². The lowest BCUT2D eigenvalue weighted by atomic mass is 9.96. The topological polar surface area (TPSA) is 49.8 Å². The van der Waals surface area contributed by atoms with Crippen molar-refractivity contribution in [3.63, 3.8) is 0 Å². The summed E-state index contributed by atoms with van der Waals surface area (Å²) in [6, 6.07) is 0.427. The van der Waals surface area contributed by atoms with Gasteiger partial charge in [-0.15, -0.1) is 0 Å². The third-order valence-electron chi connectivity index (χ3n) is 3.02. The number of hydrogen-bond donors (Lipinski definition) is 2. The number of anilines is 2. The molecule has 0 aliphatic rings. The third kappa shape index (κ3) is 3.36. The molecule has 0 saturated heterocycles.